The highest BCUT2D eigenvalue weighted by Crippen LogP contribution is 2.30. The van der Waals surface area contributed by atoms with Gasteiger partial charge < -0.3 is 24.8 Å². The highest BCUT2D eigenvalue weighted by molar-refractivity contribution is 7.99. The molecule has 2 saturated heterocycles. The second kappa shape index (κ2) is 8.26. The van der Waals surface area contributed by atoms with Crippen LogP contribution in [0.2, 0.25) is 5.02 Å². The summed E-state index contributed by atoms with van der Waals surface area (Å²) in [5.74, 6) is 2.20. The van der Waals surface area contributed by atoms with Crippen LogP contribution in [0.5, 0.6) is 0 Å². The second-order valence-corrected chi connectivity index (χ2v) is 8.13. The van der Waals surface area contributed by atoms with Crippen molar-refractivity contribution in [1.82, 2.24) is 9.80 Å². The van der Waals surface area contributed by atoms with E-state index in [1.807, 2.05) is 23.9 Å². The molecule has 0 unspecified atom stereocenters. The summed E-state index contributed by atoms with van der Waals surface area (Å²) in [4.78, 5) is 29.0. The van der Waals surface area contributed by atoms with Gasteiger partial charge in [-0.25, -0.2) is 9.59 Å². The Kier molecular flexibility index (Phi) is 6.03. The van der Waals surface area contributed by atoms with Crippen molar-refractivity contribution in [2.75, 3.05) is 62.0 Å². The van der Waals surface area contributed by atoms with Crippen molar-refractivity contribution < 1.29 is 14.3 Å². The average Bonchev–Trinajstić information content (AvgIpc) is 2.58. The van der Waals surface area contributed by atoms with Crippen LogP contribution in [-0.2, 0) is 4.74 Å². The fraction of sp³-hybridized carbons (Fsp3) is 0.529. The lowest BCUT2D eigenvalue weighted by molar-refractivity contribution is -0.000886. The summed E-state index contributed by atoms with van der Waals surface area (Å²) >= 11 is 8.36. The van der Waals surface area contributed by atoms with Gasteiger partial charge in [-0.15, -0.1) is 0 Å². The van der Waals surface area contributed by atoms with Gasteiger partial charge in [0.2, 0.25) is 0 Å². The molecular formula is C17H23ClN4O3S. The molecule has 2 aliphatic heterocycles. The van der Waals surface area contributed by atoms with Crippen LogP contribution in [0.4, 0.5) is 21.0 Å². The molecule has 26 heavy (non-hydrogen) atoms. The zero-order chi connectivity index (χ0) is 18.7. The molecule has 3 amide bonds. The first-order valence-corrected chi connectivity index (χ1v) is 10.0. The Balaban J connectivity index is 1.51. The average molecular weight is 399 g/mol. The van der Waals surface area contributed by atoms with E-state index < -0.39 is 6.09 Å². The first kappa shape index (κ1) is 19.0. The van der Waals surface area contributed by atoms with Crippen LogP contribution in [0.1, 0.15) is 0 Å². The number of ether oxygens (including phenoxy) is 1. The second-order valence-electron chi connectivity index (χ2n) is 6.50. The van der Waals surface area contributed by atoms with Gasteiger partial charge in [-0.3, -0.25) is 0 Å². The Morgan fingerprint density at radius 2 is 1.96 bits per heavy atom. The van der Waals surface area contributed by atoms with Gasteiger partial charge in [0.15, 0.2) is 0 Å². The van der Waals surface area contributed by atoms with Crippen molar-refractivity contribution in [3.8, 4) is 0 Å². The van der Waals surface area contributed by atoms with Crippen LogP contribution < -0.4 is 10.2 Å². The van der Waals surface area contributed by atoms with Gasteiger partial charge in [-0.2, -0.15) is 11.8 Å². The highest BCUT2D eigenvalue weighted by Gasteiger charge is 2.34. The lowest BCUT2D eigenvalue weighted by Crippen LogP contribution is -2.57. The smallest absolute Gasteiger partial charge is 0.409 e. The molecule has 142 valence electrons. The molecular weight excluding hydrogens is 376 g/mol. The molecule has 1 aromatic rings. The molecule has 1 N–H and O–H groups in total. The quantitative estimate of drug-likeness (QED) is 0.848. The van der Waals surface area contributed by atoms with Crippen LogP contribution in [0.15, 0.2) is 18.2 Å². The van der Waals surface area contributed by atoms with Crippen molar-refractivity contribution in [2.24, 2.45) is 0 Å². The summed E-state index contributed by atoms with van der Waals surface area (Å²) in [7, 11) is 3.25. The maximum absolute atomic E-state index is 12.3. The van der Waals surface area contributed by atoms with E-state index in [1.54, 1.807) is 25.1 Å². The molecule has 0 atom stereocenters. The van der Waals surface area contributed by atoms with Crippen LogP contribution in [0.25, 0.3) is 0 Å². The van der Waals surface area contributed by atoms with Gasteiger partial charge in [-0.1, -0.05) is 11.6 Å². The number of thioether (sulfide) groups is 1. The van der Waals surface area contributed by atoms with E-state index in [-0.39, 0.29) is 12.1 Å². The number of hydrogen-bond acceptors (Lipinski definition) is 5. The third-order valence-corrected chi connectivity index (χ3v) is 5.56. The monoisotopic (exact) mass is 398 g/mol. The number of carbonyl (C=O) groups excluding carboxylic acids is 2. The predicted molar refractivity (Wildman–Crippen MR) is 106 cm³/mol. The number of nitrogens with one attached hydrogen (secondary N) is 1. The van der Waals surface area contributed by atoms with E-state index in [1.165, 1.54) is 4.90 Å². The van der Waals surface area contributed by atoms with Crippen molar-refractivity contribution >= 4 is 46.9 Å². The summed E-state index contributed by atoms with van der Waals surface area (Å²) in [6.45, 7) is 2.75. The lowest BCUT2D eigenvalue weighted by Gasteiger charge is -2.38. The predicted octanol–water partition coefficient (Wildman–Crippen LogP) is 2.81. The minimum Gasteiger partial charge on any atom is -0.442 e. The third-order valence-electron chi connectivity index (χ3n) is 4.32. The Morgan fingerprint density at radius 1 is 1.27 bits per heavy atom. The van der Waals surface area contributed by atoms with E-state index >= 15 is 0 Å². The zero-order valence-electron chi connectivity index (χ0n) is 14.9. The van der Waals surface area contributed by atoms with Crippen LogP contribution in [0, 0.1) is 0 Å². The molecule has 2 aliphatic rings. The highest BCUT2D eigenvalue weighted by atomic mass is 35.5. The Labute approximate surface area is 162 Å². The van der Waals surface area contributed by atoms with Gasteiger partial charge in [0, 0.05) is 44.4 Å². The summed E-state index contributed by atoms with van der Waals surface area (Å²) in [5.41, 5.74) is 1.66. The summed E-state index contributed by atoms with van der Waals surface area (Å²) in [5, 5.41) is 3.48. The summed E-state index contributed by atoms with van der Waals surface area (Å²) < 4.78 is 5.22. The summed E-state index contributed by atoms with van der Waals surface area (Å²) in [6, 6.07) is 5.37. The van der Waals surface area contributed by atoms with Gasteiger partial charge in [-0.05, 0) is 18.2 Å². The number of nitrogens with zero attached hydrogens (tertiary/aromatic N) is 3. The number of urea groups is 1. The molecule has 3 rings (SSSR count). The molecule has 0 radical (unpaired) electrons. The molecule has 1 aromatic carbocycles. The van der Waals surface area contributed by atoms with Crippen LogP contribution in [-0.4, -0.2) is 79.8 Å². The largest absolute Gasteiger partial charge is 0.442 e. The molecule has 0 aromatic heterocycles. The first-order chi connectivity index (χ1) is 12.4. The summed E-state index contributed by atoms with van der Waals surface area (Å²) in [6.07, 6.45) is -0.646. The fourth-order valence-corrected chi connectivity index (χ4v) is 3.98. The number of hydrogen-bond donors (Lipinski definition) is 1. The van der Waals surface area contributed by atoms with Gasteiger partial charge in [0.05, 0.1) is 23.8 Å². The van der Waals surface area contributed by atoms with Crippen molar-refractivity contribution in [1.29, 1.82) is 0 Å². The maximum Gasteiger partial charge on any atom is 0.409 e. The van der Waals surface area contributed by atoms with Gasteiger partial charge in [0.25, 0.3) is 0 Å². The number of rotatable bonds is 3. The Bertz CT molecular complexity index is 676. The molecule has 0 aliphatic carbocycles. The van der Waals surface area contributed by atoms with E-state index in [0.29, 0.717) is 23.8 Å². The van der Waals surface area contributed by atoms with Gasteiger partial charge in [0.1, 0.15) is 6.10 Å². The molecule has 0 spiro atoms. The zero-order valence-corrected chi connectivity index (χ0v) is 16.5. The Morgan fingerprint density at radius 3 is 2.58 bits per heavy atom. The van der Waals surface area contributed by atoms with E-state index in [4.69, 9.17) is 16.3 Å². The number of anilines is 2. The van der Waals surface area contributed by atoms with Crippen molar-refractivity contribution in [3.05, 3.63) is 23.2 Å². The lowest BCUT2D eigenvalue weighted by atomic mass is 10.2. The minimum absolute atomic E-state index is 0.222. The molecule has 2 fully saturated rings. The Hall–Kier alpha value is -1.80. The first-order valence-electron chi connectivity index (χ1n) is 8.50. The topological polar surface area (TPSA) is 65.1 Å². The molecule has 9 heteroatoms. The fourth-order valence-electron chi connectivity index (χ4n) is 2.77. The molecule has 7 nitrogen and oxygen atoms in total. The number of halogens is 1. The number of likely N-dealkylation sites (tertiary alicyclic amines) is 1. The number of benzene rings is 1. The molecule has 0 bridgehead atoms. The van der Waals surface area contributed by atoms with Crippen molar-refractivity contribution in [2.45, 2.75) is 6.10 Å². The van der Waals surface area contributed by atoms with E-state index in [0.717, 1.165) is 30.3 Å². The third kappa shape index (κ3) is 4.48. The number of amides is 3. The molecule has 2 heterocycles. The minimum atomic E-state index is -0.395. The van der Waals surface area contributed by atoms with Crippen molar-refractivity contribution in [3.63, 3.8) is 0 Å². The SMILES string of the molecule is CN(C)C(=O)OC1CN(C(=O)Nc2ccc(N3CCSCC3)c(Cl)c2)C1. The van der Waals surface area contributed by atoms with Crippen LogP contribution >= 0.6 is 23.4 Å². The maximum atomic E-state index is 12.3. The van der Waals surface area contributed by atoms with E-state index in [2.05, 4.69) is 10.2 Å². The normalized spacial score (nSPS) is 17.5. The van der Waals surface area contributed by atoms with Crippen LogP contribution in [0.3, 0.4) is 0 Å². The molecule has 0 saturated carbocycles. The standard InChI is InChI=1S/C17H23ClN4O3S/c1-20(2)17(24)25-13-10-22(11-13)16(23)19-12-3-4-15(14(18)9-12)21-5-7-26-8-6-21/h3-4,9,13H,5-8,10-11H2,1-2H3,(H,19,23). The van der Waals surface area contributed by atoms with E-state index in [9.17, 15) is 9.59 Å². The van der Waals surface area contributed by atoms with Gasteiger partial charge >= 0.3 is 12.1 Å². The number of carbonyl (C=O) groups is 2.